The van der Waals surface area contributed by atoms with E-state index in [1.165, 1.54) is 10.7 Å². The molecule has 0 aromatic heterocycles. The minimum absolute atomic E-state index is 0.847. The van der Waals surface area contributed by atoms with Crippen LogP contribution in [0.4, 0.5) is 0 Å². The molecule has 0 saturated carbocycles. The van der Waals surface area contributed by atoms with E-state index < -0.39 is 6.51 Å². The predicted molar refractivity (Wildman–Crippen MR) is 97.8 cm³/mol. The molecule has 10 aliphatic rings. The molecule has 0 bridgehead atoms. The van der Waals surface area contributed by atoms with Gasteiger partial charge in [-0.1, -0.05) is 36.3 Å². The van der Waals surface area contributed by atoms with Crippen LogP contribution < -0.4 is 0 Å². The second kappa shape index (κ2) is 1.37. The van der Waals surface area contributed by atoms with Crippen LogP contribution in [-0.2, 0) is 6.51 Å². The Morgan fingerprint density at radius 3 is 1.48 bits per heavy atom. The van der Waals surface area contributed by atoms with Gasteiger partial charge in [-0.3, -0.25) is 0 Å². The molecule has 0 N–H and O–H groups in total. The quantitative estimate of drug-likeness (QED) is 0.251. The summed E-state index contributed by atoms with van der Waals surface area (Å²) in [4.78, 5) is 14.1. The molecule has 0 aliphatic carbocycles. The summed E-state index contributed by atoms with van der Waals surface area (Å²) in [6, 6.07) is 0. The van der Waals surface area contributed by atoms with Crippen molar-refractivity contribution in [3.8, 4) is 0 Å². The van der Waals surface area contributed by atoms with Gasteiger partial charge < -0.3 is 0 Å². The van der Waals surface area contributed by atoms with Crippen LogP contribution in [0.5, 0.6) is 0 Å². The number of unbranched alkanes of at least 4 members (excludes halogenated alkanes) is 2. The topological polar surface area (TPSA) is 0 Å². The van der Waals surface area contributed by atoms with E-state index >= 15 is 0 Å². The molecule has 10 rings (SSSR count). The van der Waals surface area contributed by atoms with Gasteiger partial charge >= 0.3 is 86.8 Å². The van der Waals surface area contributed by atoms with Crippen molar-refractivity contribution in [3.05, 3.63) is 0 Å². The number of rotatable bonds is 6. The normalized spacial score (nSPS) is 91.0. The molecule has 4 atom stereocenters. The Morgan fingerprint density at radius 2 is 1.26 bits per heavy atom. The first-order chi connectivity index (χ1) is 10.7. The SMILES string of the molecule is CC(C)[P]C(C)C.CCCCC[C]12[CH]3[CH]4[CH]5[CH]1[Fe]45321678[CH]2[CH]1[CH]6[CH]7[CH]28. The molecule has 2 heteroatoms. The summed E-state index contributed by atoms with van der Waals surface area (Å²) < 4.78 is 1.24. The maximum absolute atomic E-state index is 2.59. The van der Waals surface area contributed by atoms with Crippen molar-refractivity contribution >= 4 is 8.58 Å². The van der Waals surface area contributed by atoms with E-state index in [4.69, 9.17) is 0 Å². The van der Waals surface area contributed by atoms with Crippen molar-refractivity contribution in [1.82, 2.24) is 0 Å². The van der Waals surface area contributed by atoms with Gasteiger partial charge in [0.05, 0.1) is 0 Å². The van der Waals surface area contributed by atoms with E-state index in [2.05, 4.69) is 34.6 Å². The third-order valence-electron chi connectivity index (χ3n) is 16.7. The third kappa shape index (κ3) is 0.201. The minimum atomic E-state index is -2.59. The Labute approximate surface area is 134 Å². The maximum atomic E-state index is 2.39. The van der Waals surface area contributed by atoms with Crippen molar-refractivity contribution in [3.63, 3.8) is 0 Å². The summed E-state index contributed by atoms with van der Waals surface area (Å²) >= 11 is 0. The Balaban J connectivity index is 0.000000122. The summed E-state index contributed by atoms with van der Waals surface area (Å²) in [6.45, 7) is 8.81. The average Bonchev–Trinajstić information content (AvgIpc) is 3.41. The molecular formula is C21H34FeP. The molecule has 131 valence electrons. The van der Waals surface area contributed by atoms with E-state index in [-0.39, 0.29) is 0 Å². The summed E-state index contributed by atoms with van der Waals surface area (Å²) in [5.41, 5.74) is 1.69. The van der Waals surface area contributed by atoms with E-state index in [1.54, 1.807) is 71.2 Å². The molecule has 0 nitrogen and oxygen atoms in total. The van der Waals surface area contributed by atoms with Gasteiger partial charge in [-0.25, -0.2) is 0 Å². The number of hydrogen-bond donors (Lipinski definition) is 0. The van der Waals surface area contributed by atoms with Gasteiger partial charge in [-0.05, 0) is 11.3 Å². The molecule has 10 saturated heterocycles. The van der Waals surface area contributed by atoms with E-state index in [0.717, 1.165) is 11.3 Å². The fourth-order valence-corrected chi connectivity index (χ4v) is 95.1. The molecule has 1 radical (unpaired) electrons. The van der Waals surface area contributed by atoms with Crippen molar-refractivity contribution < 1.29 is 6.51 Å². The summed E-state index contributed by atoms with van der Waals surface area (Å²) in [5, 5.41) is 0. The summed E-state index contributed by atoms with van der Waals surface area (Å²) in [7, 11) is 1.58. The zero-order valence-corrected chi connectivity index (χ0v) is 17.5. The van der Waals surface area contributed by atoms with Gasteiger partial charge in [0.2, 0.25) is 0 Å². The first kappa shape index (κ1) is 12.4. The number of hydrogen-bond acceptors (Lipinski definition) is 0. The van der Waals surface area contributed by atoms with Crippen molar-refractivity contribution in [2.24, 2.45) is 0 Å². The van der Waals surface area contributed by atoms with Crippen LogP contribution in [-0.4, -0.2) is 11.3 Å². The second-order valence-corrected chi connectivity index (χ2v) is 39.7. The van der Waals surface area contributed by atoms with Gasteiger partial charge in [0.15, 0.2) is 0 Å². The third-order valence-corrected chi connectivity index (χ3v) is 61.0. The molecule has 23 heavy (non-hydrogen) atoms. The Hall–Kier alpha value is 0.949. The van der Waals surface area contributed by atoms with Crippen molar-refractivity contribution in [2.75, 3.05) is 0 Å². The molecule has 0 amide bonds. The first-order valence-electron chi connectivity index (χ1n) is 10.6. The van der Waals surface area contributed by atoms with Crippen LogP contribution in [0.2, 0.25) is 47.7 Å². The van der Waals surface area contributed by atoms with Crippen LogP contribution in [0.15, 0.2) is 0 Å². The van der Waals surface area contributed by atoms with Crippen LogP contribution in [0.25, 0.3) is 0 Å². The van der Waals surface area contributed by atoms with Gasteiger partial charge in [-0.2, -0.15) is 0 Å². The van der Waals surface area contributed by atoms with Crippen molar-refractivity contribution in [2.45, 2.75) is 119 Å². The zero-order chi connectivity index (χ0) is 15.7. The Morgan fingerprint density at radius 1 is 0.783 bits per heavy atom. The standard InChI is InChI=1S/C10H15.C6H14P.C5H5.Fe/c1-2-3-4-7-10-8-5-6-9-10;1-5(2)7-6(3)4;1-2-4-5-3-1;/h5-6,8-9H,2-4,7H2,1H3;5-6H,1-4H3;1-5H;. The van der Waals surface area contributed by atoms with Gasteiger partial charge in [0.25, 0.3) is 0 Å². The fourth-order valence-electron chi connectivity index (χ4n) is 18.6. The van der Waals surface area contributed by atoms with Crippen LogP contribution in [0.1, 0.15) is 60.3 Å². The van der Waals surface area contributed by atoms with Crippen LogP contribution in [0.3, 0.4) is 0 Å². The molecule has 10 fully saturated rings. The zero-order valence-electron chi connectivity index (χ0n) is 15.5. The molecule has 0 aromatic carbocycles. The first-order valence-corrected chi connectivity index (χ1v) is 18.0. The van der Waals surface area contributed by atoms with Crippen LogP contribution >= 0.6 is 8.58 Å². The number of fused-ring (bicyclic) bond motifs is 10. The van der Waals surface area contributed by atoms with Gasteiger partial charge in [0, 0.05) is 0 Å². The molecule has 10 aliphatic heterocycles. The monoisotopic (exact) mass is 373 g/mol. The molecule has 10 heterocycles. The predicted octanol–water partition coefficient (Wildman–Crippen LogP) is 8.08. The average molecular weight is 373 g/mol. The van der Waals surface area contributed by atoms with E-state index in [1.807, 2.05) is 0 Å². The Bertz CT molecular complexity index is 919. The van der Waals surface area contributed by atoms with E-state index in [9.17, 15) is 0 Å². The molecular weight excluding hydrogens is 339 g/mol. The van der Waals surface area contributed by atoms with Gasteiger partial charge in [0.1, 0.15) is 0 Å². The molecule has 0 aromatic rings. The fraction of sp³-hybridized carbons (Fsp3) is 1.00. The molecule has 4 unspecified atom stereocenters. The summed E-state index contributed by atoms with van der Waals surface area (Å²) in [5.74, 6) is 0. The van der Waals surface area contributed by atoms with E-state index in [0.29, 0.717) is 0 Å². The molecule has 1 spiro atoms. The Kier molecular flexibility index (Phi) is 0.734. The van der Waals surface area contributed by atoms with Crippen molar-refractivity contribution in [1.29, 1.82) is 0 Å². The summed E-state index contributed by atoms with van der Waals surface area (Å²) in [6.07, 6.45) is 6.43. The van der Waals surface area contributed by atoms with Crippen LogP contribution in [0, 0.1) is 0 Å². The second-order valence-electron chi connectivity index (χ2n) is 13.6. The van der Waals surface area contributed by atoms with Gasteiger partial charge in [-0.15, -0.1) is 0 Å².